The minimum atomic E-state index is -3.19. The zero-order valence-corrected chi connectivity index (χ0v) is 10.5. The van der Waals surface area contributed by atoms with Crippen molar-refractivity contribution in [1.29, 1.82) is 0 Å². The molecule has 0 saturated heterocycles. The van der Waals surface area contributed by atoms with Gasteiger partial charge in [-0.05, 0) is 13.3 Å². The van der Waals surface area contributed by atoms with Crippen molar-refractivity contribution in [2.24, 2.45) is 0 Å². The summed E-state index contributed by atoms with van der Waals surface area (Å²) in [5.74, 6) is 1.25. The third-order valence-electron chi connectivity index (χ3n) is 2.13. The Balaban J connectivity index is 2.36. The Kier molecular flexibility index (Phi) is 4.95. The van der Waals surface area contributed by atoms with Gasteiger partial charge in [-0.2, -0.15) is 0 Å². The standard InChI is InChI=1S/C10H18N2O3S/c1-3-4-5-6-16(13,14)12-8-10-11-7-9(2)15-10/h7,12H,3-6,8H2,1-2H3. The second kappa shape index (κ2) is 6.00. The van der Waals surface area contributed by atoms with Gasteiger partial charge in [0, 0.05) is 0 Å². The van der Waals surface area contributed by atoms with Crippen LogP contribution < -0.4 is 4.72 Å². The van der Waals surface area contributed by atoms with Crippen LogP contribution in [0.2, 0.25) is 0 Å². The van der Waals surface area contributed by atoms with Gasteiger partial charge in [-0.3, -0.25) is 0 Å². The number of aromatic nitrogens is 1. The first kappa shape index (κ1) is 13.2. The molecule has 0 aromatic carbocycles. The predicted octanol–water partition coefficient (Wildman–Crippen LogP) is 1.59. The van der Waals surface area contributed by atoms with Gasteiger partial charge in [0.25, 0.3) is 0 Å². The summed E-state index contributed by atoms with van der Waals surface area (Å²) in [6, 6.07) is 0. The Hall–Kier alpha value is -0.880. The SMILES string of the molecule is CCCCCS(=O)(=O)NCc1ncc(C)o1. The van der Waals surface area contributed by atoms with Crippen molar-refractivity contribution in [3.63, 3.8) is 0 Å². The number of oxazole rings is 1. The van der Waals surface area contributed by atoms with Crippen molar-refractivity contribution in [2.75, 3.05) is 5.75 Å². The molecule has 0 radical (unpaired) electrons. The van der Waals surface area contributed by atoms with E-state index in [1.807, 2.05) is 6.92 Å². The molecule has 0 fully saturated rings. The van der Waals surface area contributed by atoms with Gasteiger partial charge < -0.3 is 4.42 Å². The molecule has 0 aliphatic carbocycles. The number of rotatable bonds is 7. The molecule has 1 rings (SSSR count). The van der Waals surface area contributed by atoms with Gasteiger partial charge in [-0.1, -0.05) is 19.8 Å². The highest BCUT2D eigenvalue weighted by atomic mass is 32.2. The fourth-order valence-corrected chi connectivity index (χ4v) is 2.34. The summed E-state index contributed by atoms with van der Waals surface area (Å²) in [4.78, 5) is 3.92. The van der Waals surface area contributed by atoms with Gasteiger partial charge in [0.2, 0.25) is 15.9 Å². The summed E-state index contributed by atoms with van der Waals surface area (Å²) in [6.07, 6.45) is 4.20. The van der Waals surface area contributed by atoms with Gasteiger partial charge in [-0.25, -0.2) is 18.1 Å². The van der Waals surface area contributed by atoms with E-state index >= 15 is 0 Å². The summed E-state index contributed by atoms with van der Waals surface area (Å²) >= 11 is 0. The van der Waals surface area contributed by atoms with Gasteiger partial charge >= 0.3 is 0 Å². The minimum absolute atomic E-state index is 0.127. The Bertz CT molecular complexity index is 411. The van der Waals surface area contributed by atoms with Crippen LogP contribution in [0, 0.1) is 6.92 Å². The van der Waals surface area contributed by atoms with E-state index in [2.05, 4.69) is 9.71 Å². The molecule has 1 aromatic heterocycles. The van der Waals surface area contributed by atoms with Crippen molar-refractivity contribution in [3.05, 3.63) is 17.8 Å². The van der Waals surface area contributed by atoms with E-state index in [-0.39, 0.29) is 12.3 Å². The van der Waals surface area contributed by atoms with Crippen LogP contribution >= 0.6 is 0 Å². The van der Waals surface area contributed by atoms with Crippen LogP contribution in [-0.4, -0.2) is 19.2 Å². The van der Waals surface area contributed by atoms with E-state index in [9.17, 15) is 8.42 Å². The average Bonchev–Trinajstić information content (AvgIpc) is 2.62. The number of hydrogen-bond acceptors (Lipinski definition) is 4. The number of nitrogens with one attached hydrogen (secondary N) is 1. The fraction of sp³-hybridized carbons (Fsp3) is 0.700. The molecule has 1 N–H and O–H groups in total. The molecule has 0 amide bonds. The molecule has 0 aliphatic heterocycles. The summed E-state index contributed by atoms with van der Waals surface area (Å²) in [5, 5.41) is 0. The molecule has 0 saturated carbocycles. The fourth-order valence-electron chi connectivity index (χ4n) is 1.27. The molecule has 16 heavy (non-hydrogen) atoms. The highest BCUT2D eigenvalue weighted by Crippen LogP contribution is 2.03. The number of hydrogen-bond donors (Lipinski definition) is 1. The summed E-state index contributed by atoms with van der Waals surface area (Å²) in [6.45, 7) is 3.93. The third kappa shape index (κ3) is 4.76. The van der Waals surface area contributed by atoms with E-state index in [1.165, 1.54) is 0 Å². The van der Waals surface area contributed by atoms with Crippen LogP contribution in [0.5, 0.6) is 0 Å². The number of nitrogens with zero attached hydrogens (tertiary/aromatic N) is 1. The van der Waals surface area contributed by atoms with E-state index in [1.54, 1.807) is 13.1 Å². The van der Waals surface area contributed by atoms with Crippen LogP contribution in [0.15, 0.2) is 10.6 Å². The topological polar surface area (TPSA) is 72.2 Å². The molecule has 92 valence electrons. The summed E-state index contributed by atoms with van der Waals surface area (Å²) < 4.78 is 30.6. The maximum Gasteiger partial charge on any atom is 0.212 e. The van der Waals surface area contributed by atoms with Gasteiger partial charge in [-0.15, -0.1) is 0 Å². The highest BCUT2D eigenvalue weighted by molar-refractivity contribution is 7.89. The summed E-state index contributed by atoms with van der Waals surface area (Å²) in [7, 11) is -3.19. The average molecular weight is 246 g/mol. The Morgan fingerprint density at radius 3 is 2.75 bits per heavy atom. The molecule has 1 aromatic rings. The highest BCUT2D eigenvalue weighted by Gasteiger charge is 2.10. The molecular formula is C10H18N2O3S. The molecule has 0 spiro atoms. The maximum absolute atomic E-state index is 11.5. The van der Waals surface area contributed by atoms with Crippen LogP contribution in [0.3, 0.4) is 0 Å². The maximum atomic E-state index is 11.5. The normalized spacial score (nSPS) is 11.9. The lowest BCUT2D eigenvalue weighted by Crippen LogP contribution is -2.26. The molecule has 1 heterocycles. The Morgan fingerprint density at radius 1 is 1.44 bits per heavy atom. The smallest absolute Gasteiger partial charge is 0.212 e. The van der Waals surface area contributed by atoms with E-state index in [0.29, 0.717) is 18.1 Å². The van der Waals surface area contributed by atoms with Gasteiger partial charge in [0.1, 0.15) is 5.76 Å². The van der Waals surface area contributed by atoms with Crippen LogP contribution in [0.1, 0.15) is 37.8 Å². The predicted molar refractivity (Wildman–Crippen MR) is 61.4 cm³/mol. The summed E-state index contributed by atoms with van der Waals surface area (Å²) in [5.41, 5.74) is 0. The zero-order chi connectivity index (χ0) is 12.0. The van der Waals surface area contributed by atoms with Crippen LogP contribution in [-0.2, 0) is 16.6 Å². The molecule has 0 atom stereocenters. The first-order valence-electron chi connectivity index (χ1n) is 5.42. The van der Waals surface area contributed by atoms with Crippen molar-refractivity contribution in [2.45, 2.75) is 39.7 Å². The number of aryl methyl sites for hydroxylation is 1. The lowest BCUT2D eigenvalue weighted by molar-refractivity contribution is 0.463. The largest absolute Gasteiger partial charge is 0.445 e. The molecule has 5 nitrogen and oxygen atoms in total. The van der Waals surface area contributed by atoms with Crippen molar-refractivity contribution < 1.29 is 12.8 Å². The quantitative estimate of drug-likeness (QED) is 0.742. The van der Waals surface area contributed by atoms with Crippen LogP contribution in [0.4, 0.5) is 0 Å². The monoisotopic (exact) mass is 246 g/mol. The van der Waals surface area contributed by atoms with Crippen molar-refractivity contribution in [3.8, 4) is 0 Å². The molecule has 0 bridgehead atoms. The van der Waals surface area contributed by atoms with E-state index in [4.69, 9.17) is 4.42 Å². The number of unbranched alkanes of at least 4 members (excludes halogenated alkanes) is 2. The lowest BCUT2D eigenvalue weighted by atomic mass is 10.3. The molecule has 0 unspecified atom stereocenters. The first-order valence-corrected chi connectivity index (χ1v) is 7.07. The minimum Gasteiger partial charge on any atom is -0.445 e. The first-order chi connectivity index (χ1) is 7.53. The Morgan fingerprint density at radius 2 is 2.19 bits per heavy atom. The Labute approximate surface area is 96.3 Å². The number of sulfonamides is 1. The molecule has 6 heteroatoms. The van der Waals surface area contributed by atoms with Gasteiger partial charge in [0.05, 0.1) is 18.5 Å². The van der Waals surface area contributed by atoms with Crippen LogP contribution in [0.25, 0.3) is 0 Å². The molecule has 0 aliphatic rings. The molecular weight excluding hydrogens is 228 g/mol. The lowest BCUT2D eigenvalue weighted by Gasteiger charge is -2.03. The second-order valence-corrected chi connectivity index (χ2v) is 5.64. The zero-order valence-electron chi connectivity index (χ0n) is 9.69. The van der Waals surface area contributed by atoms with E-state index in [0.717, 1.165) is 12.8 Å². The third-order valence-corrected chi connectivity index (χ3v) is 3.54. The van der Waals surface area contributed by atoms with E-state index < -0.39 is 10.0 Å². The second-order valence-electron chi connectivity index (χ2n) is 3.71. The van der Waals surface area contributed by atoms with Gasteiger partial charge in [0.15, 0.2) is 0 Å². The van der Waals surface area contributed by atoms with Crippen molar-refractivity contribution >= 4 is 10.0 Å². The van der Waals surface area contributed by atoms with Crippen molar-refractivity contribution in [1.82, 2.24) is 9.71 Å².